The second kappa shape index (κ2) is 4.34. The van der Waals surface area contributed by atoms with Crippen LogP contribution in [0.3, 0.4) is 0 Å². The Morgan fingerprint density at radius 2 is 2.05 bits per heavy atom. The van der Waals surface area contributed by atoms with Gasteiger partial charge in [0.25, 0.3) is 0 Å². The van der Waals surface area contributed by atoms with Crippen molar-refractivity contribution in [2.75, 3.05) is 30.3 Å². The zero-order valence-electron chi connectivity index (χ0n) is 11.2. The third kappa shape index (κ3) is 1.87. The number of nitrogens with zero attached hydrogens (tertiary/aromatic N) is 3. The fraction of sp³-hybridized carbons (Fsp3) is 0.714. The molecule has 2 fully saturated rings. The number of nitrogen functional groups attached to an aromatic ring is 1. The van der Waals surface area contributed by atoms with Crippen molar-refractivity contribution >= 4 is 11.8 Å². The van der Waals surface area contributed by atoms with Gasteiger partial charge in [-0.25, -0.2) is 4.98 Å². The Balaban J connectivity index is 1.69. The summed E-state index contributed by atoms with van der Waals surface area (Å²) in [4.78, 5) is 11.4. The number of aryl methyl sites for hydroxylation is 1. The van der Waals surface area contributed by atoms with E-state index in [4.69, 9.17) is 5.73 Å². The SMILES string of the molecule is Nc1nc2c(c(N3C[C@H]4CCN[C@H]4C3)n1)CCCC2. The van der Waals surface area contributed by atoms with E-state index in [1.54, 1.807) is 0 Å². The molecule has 0 aromatic carbocycles. The molecule has 0 saturated carbocycles. The Bertz CT molecular complexity index is 489. The minimum atomic E-state index is 0.445. The molecule has 0 amide bonds. The summed E-state index contributed by atoms with van der Waals surface area (Å²) in [5.74, 6) is 2.36. The van der Waals surface area contributed by atoms with E-state index in [1.807, 2.05) is 0 Å². The molecule has 1 aromatic rings. The summed E-state index contributed by atoms with van der Waals surface area (Å²) < 4.78 is 0. The van der Waals surface area contributed by atoms with E-state index in [9.17, 15) is 0 Å². The van der Waals surface area contributed by atoms with Gasteiger partial charge >= 0.3 is 0 Å². The number of nitrogens with one attached hydrogen (secondary N) is 1. The smallest absolute Gasteiger partial charge is 0.222 e. The lowest BCUT2D eigenvalue weighted by molar-refractivity contribution is 0.556. The Kier molecular flexibility index (Phi) is 2.62. The van der Waals surface area contributed by atoms with E-state index in [0.717, 1.165) is 37.7 Å². The van der Waals surface area contributed by atoms with E-state index in [2.05, 4.69) is 20.2 Å². The van der Waals surface area contributed by atoms with Crippen LogP contribution >= 0.6 is 0 Å². The lowest BCUT2D eigenvalue weighted by atomic mass is 9.96. The minimum absolute atomic E-state index is 0.445. The first-order chi connectivity index (χ1) is 9.31. The quantitative estimate of drug-likeness (QED) is 0.778. The van der Waals surface area contributed by atoms with Crippen LogP contribution < -0.4 is 16.0 Å². The zero-order chi connectivity index (χ0) is 12.8. The van der Waals surface area contributed by atoms with Crippen LogP contribution in [0.1, 0.15) is 30.5 Å². The molecule has 1 aliphatic carbocycles. The molecule has 0 spiro atoms. The first-order valence-corrected chi connectivity index (χ1v) is 7.45. The van der Waals surface area contributed by atoms with Crippen molar-refractivity contribution in [3.05, 3.63) is 11.3 Å². The summed E-state index contributed by atoms with van der Waals surface area (Å²) in [7, 11) is 0. The van der Waals surface area contributed by atoms with Crippen LogP contribution in [-0.4, -0.2) is 35.6 Å². The van der Waals surface area contributed by atoms with Crippen molar-refractivity contribution < 1.29 is 0 Å². The Labute approximate surface area is 113 Å². The lowest BCUT2D eigenvalue weighted by Gasteiger charge is -2.25. The number of fused-ring (bicyclic) bond motifs is 2. The summed E-state index contributed by atoms with van der Waals surface area (Å²) in [6.07, 6.45) is 5.96. The van der Waals surface area contributed by atoms with Gasteiger partial charge in [-0.15, -0.1) is 0 Å². The van der Waals surface area contributed by atoms with Gasteiger partial charge in [0.05, 0.1) is 5.69 Å². The van der Waals surface area contributed by atoms with Gasteiger partial charge in [-0.3, -0.25) is 0 Å². The van der Waals surface area contributed by atoms with E-state index in [1.165, 1.54) is 37.1 Å². The highest BCUT2D eigenvalue weighted by Crippen LogP contribution is 2.33. The Morgan fingerprint density at radius 1 is 1.16 bits per heavy atom. The van der Waals surface area contributed by atoms with Gasteiger partial charge in [0.2, 0.25) is 5.95 Å². The molecular formula is C14H21N5. The predicted molar refractivity (Wildman–Crippen MR) is 75.2 cm³/mol. The zero-order valence-corrected chi connectivity index (χ0v) is 11.2. The number of rotatable bonds is 1. The standard InChI is InChI=1S/C14H21N5/c15-14-17-11-4-2-1-3-10(11)13(18-14)19-7-9-5-6-16-12(9)8-19/h9,12,16H,1-8H2,(H2,15,17,18)/t9-,12+/m1/s1. The van der Waals surface area contributed by atoms with E-state index >= 15 is 0 Å². The molecular weight excluding hydrogens is 238 g/mol. The topological polar surface area (TPSA) is 67.1 Å². The molecule has 5 heteroatoms. The highest BCUT2D eigenvalue weighted by Gasteiger charge is 2.37. The monoisotopic (exact) mass is 259 g/mol. The van der Waals surface area contributed by atoms with Crippen molar-refractivity contribution in [3.8, 4) is 0 Å². The first kappa shape index (κ1) is 11.5. The molecule has 0 bridgehead atoms. The van der Waals surface area contributed by atoms with Gasteiger partial charge in [0, 0.05) is 24.7 Å². The van der Waals surface area contributed by atoms with Crippen LogP contribution in [0.2, 0.25) is 0 Å². The molecule has 4 rings (SSSR count). The minimum Gasteiger partial charge on any atom is -0.368 e. The summed E-state index contributed by atoms with van der Waals surface area (Å²) >= 11 is 0. The van der Waals surface area contributed by atoms with Crippen LogP contribution in [0.25, 0.3) is 0 Å². The maximum Gasteiger partial charge on any atom is 0.222 e. The third-order valence-electron chi connectivity index (χ3n) is 4.84. The third-order valence-corrected chi connectivity index (χ3v) is 4.84. The normalized spacial score (nSPS) is 29.4. The molecule has 0 radical (unpaired) electrons. The Morgan fingerprint density at radius 3 is 2.95 bits per heavy atom. The molecule has 2 aliphatic heterocycles. The van der Waals surface area contributed by atoms with Crippen LogP contribution in [0.5, 0.6) is 0 Å². The molecule has 19 heavy (non-hydrogen) atoms. The predicted octanol–water partition coefficient (Wildman–Crippen LogP) is 0.736. The van der Waals surface area contributed by atoms with E-state index in [-0.39, 0.29) is 0 Å². The van der Waals surface area contributed by atoms with Crippen LogP contribution in [0.15, 0.2) is 0 Å². The second-order valence-electron chi connectivity index (χ2n) is 6.05. The van der Waals surface area contributed by atoms with Gasteiger partial charge in [0.15, 0.2) is 0 Å². The van der Waals surface area contributed by atoms with Crippen molar-refractivity contribution in [2.45, 2.75) is 38.1 Å². The average molecular weight is 259 g/mol. The highest BCUT2D eigenvalue weighted by molar-refractivity contribution is 5.54. The van der Waals surface area contributed by atoms with Crippen LogP contribution in [-0.2, 0) is 12.8 Å². The first-order valence-electron chi connectivity index (χ1n) is 7.45. The van der Waals surface area contributed by atoms with Gasteiger partial charge in [-0.2, -0.15) is 4.98 Å². The molecule has 2 atom stereocenters. The maximum absolute atomic E-state index is 5.90. The fourth-order valence-electron chi connectivity index (χ4n) is 3.88. The van der Waals surface area contributed by atoms with E-state index in [0.29, 0.717) is 12.0 Å². The number of aromatic nitrogens is 2. The number of nitrogens with two attached hydrogens (primary N) is 1. The van der Waals surface area contributed by atoms with Crippen LogP contribution in [0.4, 0.5) is 11.8 Å². The Hall–Kier alpha value is -1.36. The average Bonchev–Trinajstić information content (AvgIpc) is 2.98. The van der Waals surface area contributed by atoms with Gasteiger partial charge in [0.1, 0.15) is 5.82 Å². The molecule has 3 N–H and O–H groups in total. The lowest BCUT2D eigenvalue weighted by Crippen LogP contribution is -2.31. The van der Waals surface area contributed by atoms with Gasteiger partial charge in [-0.1, -0.05) is 0 Å². The second-order valence-corrected chi connectivity index (χ2v) is 6.05. The fourth-order valence-corrected chi connectivity index (χ4v) is 3.88. The number of hydrogen-bond acceptors (Lipinski definition) is 5. The summed E-state index contributed by atoms with van der Waals surface area (Å²) in [6, 6.07) is 0.649. The maximum atomic E-state index is 5.90. The van der Waals surface area contributed by atoms with Gasteiger partial charge in [-0.05, 0) is 44.6 Å². The number of anilines is 2. The summed E-state index contributed by atoms with van der Waals surface area (Å²) in [5, 5.41) is 3.60. The molecule has 5 nitrogen and oxygen atoms in total. The van der Waals surface area contributed by atoms with Crippen LogP contribution in [0, 0.1) is 5.92 Å². The van der Waals surface area contributed by atoms with Gasteiger partial charge < -0.3 is 16.0 Å². The molecule has 3 heterocycles. The highest BCUT2D eigenvalue weighted by atomic mass is 15.3. The molecule has 1 aromatic heterocycles. The molecule has 0 unspecified atom stereocenters. The summed E-state index contributed by atoms with van der Waals surface area (Å²) in [5.41, 5.74) is 8.46. The van der Waals surface area contributed by atoms with E-state index < -0.39 is 0 Å². The molecule has 3 aliphatic rings. The largest absolute Gasteiger partial charge is 0.368 e. The van der Waals surface area contributed by atoms with Crippen molar-refractivity contribution in [1.82, 2.24) is 15.3 Å². The molecule has 2 saturated heterocycles. The van der Waals surface area contributed by atoms with Crippen molar-refractivity contribution in [3.63, 3.8) is 0 Å². The summed E-state index contributed by atoms with van der Waals surface area (Å²) in [6.45, 7) is 3.38. The molecule has 102 valence electrons. The van der Waals surface area contributed by atoms with Crippen molar-refractivity contribution in [1.29, 1.82) is 0 Å². The van der Waals surface area contributed by atoms with Crippen molar-refractivity contribution in [2.24, 2.45) is 5.92 Å². The number of hydrogen-bond donors (Lipinski definition) is 2.